The Balaban J connectivity index is 2.06. The predicted molar refractivity (Wildman–Crippen MR) is 79.1 cm³/mol. The summed E-state index contributed by atoms with van der Waals surface area (Å²) in [6.07, 6.45) is -0.371. The lowest BCUT2D eigenvalue weighted by Crippen LogP contribution is -2.23. The summed E-state index contributed by atoms with van der Waals surface area (Å²) in [5.41, 5.74) is 0.901. The first-order valence-corrected chi connectivity index (χ1v) is 6.79. The Kier molecular flexibility index (Phi) is 5.06. The fourth-order valence-corrected chi connectivity index (χ4v) is 2.11. The molecule has 0 fully saturated rings. The zero-order valence-corrected chi connectivity index (χ0v) is 12.3. The average molecular weight is 296 g/mol. The monoisotopic (exact) mass is 295 g/mol. The number of ether oxygens (including phenoxy) is 1. The van der Waals surface area contributed by atoms with Crippen molar-refractivity contribution in [3.05, 3.63) is 41.1 Å². The molecule has 0 aliphatic heterocycles. The molecule has 0 bridgehead atoms. The van der Waals surface area contributed by atoms with Crippen LogP contribution in [0.2, 0.25) is 5.02 Å². The summed E-state index contributed by atoms with van der Waals surface area (Å²) in [4.78, 5) is 0. The number of halogens is 1. The standard InChI is InChI=1S/C15H18ClNO3/c1-10(18)8-17-9-12-4-6-14(20-12)11-3-5-15(19-2)13(16)7-11/h3-7,10,17-18H,8-9H2,1-2H3. The number of aliphatic hydroxyl groups is 1. The largest absolute Gasteiger partial charge is 0.495 e. The predicted octanol–water partition coefficient (Wildman–Crippen LogP) is 3.08. The fraction of sp³-hybridized carbons (Fsp3) is 0.333. The van der Waals surface area contributed by atoms with Gasteiger partial charge in [-0.2, -0.15) is 0 Å². The molecule has 20 heavy (non-hydrogen) atoms. The molecule has 1 aromatic carbocycles. The van der Waals surface area contributed by atoms with Crippen LogP contribution >= 0.6 is 11.6 Å². The molecule has 4 nitrogen and oxygen atoms in total. The topological polar surface area (TPSA) is 54.6 Å². The second-order valence-corrected chi connectivity index (χ2v) is 5.00. The van der Waals surface area contributed by atoms with Crippen LogP contribution in [-0.4, -0.2) is 24.9 Å². The van der Waals surface area contributed by atoms with Crippen molar-refractivity contribution < 1.29 is 14.3 Å². The summed E-state index contributed by atoms with van der Waals surface area (Å²) in [7, 11) is 1.58. The molecule has 5 heteroatoms. The molecule has 0 saturated heterocycles. The molecule has 2 aromatic rings. The number of hydrogen-bond donors (Lipinski definition) is 2. The highest BCUT2D eigenvalue weighted by Gasteiger charge is 2.08. The van der Waals surface area contributed by atoms with Gasteiger partial charge < -0.3 is 19.6 Å². The van der Waals surface area contributed by atoms with Gasteiger partial charge >= 0.3 is 0 Å². The van der Waals surface area contributed by atoms with E-state index < -0.39 is 0 Å². The highest BCUT2D eigenvalue weighted by atomic mass is 35.5. The molecule has 1 heterocycles. The number of furan rings is 1. The first kappa shape index (κ1) is 14.9. The Morgan fingerprint density at radius 3 is 2.80 bits per heavy atom. The van der Waals surface area contributed by atoms with Crippen LogP contribution in [0.25, 0.3) is 11.3 Å². The molecule has 0 spiro atoms. The zero-order chi connectivity index (χ0) is 14.5. The number of aliphatic hydroxyl groups excluding tert-OH is 1. The Labute approximate surface area is 123 Å². The van der Waals surface area contributed by atoms with Crippen LogP contribution in [0.15, 0.2) is 34.7 Å². The maximum Gasteiger partial charge on any atom is 0.137 e. The Hall–Kier alpha value is -1.49. The maximum absolute atomic E-state index is 9.17. The number of methoxy groups -OCH3 is 1. The molecule has 0 amide bonds. The third-order valence-electron chi connectivity index (χ3n) is 2.84. The van der Waals surface area contributed by atoms with Crippen molar-refractivity contribution in [1.82, 2.24) is 5.32 Å². The van der Waals surface area contributed by atoms with E-state index in [0.29, 0.717) is 23.9 Å². The van der Waals surface area contributed by atoms with E-state index in [2.05, 4.69) is 5.32 Å². The van der Waals surface area contributed by atoms with E-state index >= 15 is 0 Å². The van der Waals surface area contributed by atoms with Gasteiger partial charge in [-0.05, 0) is 37.3 Å². The summed E-state index contributed by atoms with van der Waals surface area (Å²) in [6, 6.07) is 9.33. The van der Waals surface area contributed by atoms with Crippen molar-refractivity contribution in [2.45, 2.75) is 19.6 Å². The van der Waals surface area contributed by atoms with Crippen LogP contribution in [0, 0.1) is 0 Å². The molecule has 2 N–H and O–H groups in total. The Morgan fingerprint density at radius 2 is 2.15 bits per heavy atom. The van der Waals surface area contributed by atoms with Gasteiger partial charge in [-0.25, -0.2) is 0 Å². The molecule has 1 aromatic heterocycles. The van der Waals surface area contributed by atoms with Crippen molar-refractivity contribution in [3.8, 4) is 17.1 Å². The van der Waals surface area contributed by atoms with Crippen LogP contribution in [0.3, 0.4) is 0 Å². The average Bonchev–Trinajstić information content (AvgIpc) is 2.87. The van der Waals surface area contributed by atoms with Crippen molar-refractivity contribution >= 4 is 11.6 Å². The molecule has 0 radical (unpaired) electrons. The molecule has 0 aliphatic rings. The zero-order valence-electron chi connectivity index (χ0n) is 11.5. The van der Waals surface area contributed by atoms with Crippen molar-refractivity contribution in [2.75, 3.05) is 13.7 Å². The third-order valence-corrected chi connectivity index (χ3v) is 3.13. The van der Waals surface area contributed by atoms with Gasteiger partial charge in [0.2, 0.25) is 0 Å². The van der Waals surface area contributed by atoms with Gasteiger partial charge in [0.15, 0.2) is 0 Å². The molecule has 0 aliphatic carbocycles. The van der Waals surface area contributed by atoms with Crippen molar-refractivity contribution in [2.24, 2.45) is 0 Å². The molecule has 108 valence electrons. The van der Waals surface area contributed by atoms with Crippen molar-refractivity contribution in [3.63, 3.8) is 0 Å². The lowest BCUT2D eigenvalue weighted by atomic mass is 10.2. The molecular formula is C15H18ClNO3. The molecule has 1 unspecified atom stereocenters. The summed E-state index contributed by atoms with van der Waals surface area (Å²) in [5, 5.41) is 12.8. The minimum Gasteiger partial charge on any atom is -0.495 e. The van der Waals surface area contributed by atoms with E-state index in [-0.39, 0.29) is 6.10 Å². The van der Waals surface area contributed by atoms with Crippen LogP contribution in [0.5, 0.6) is 5.75 Å². The van der Waals surface area contributed by atoms with E-state index in [0.717, 1.165) is 17.1 Å². The first-order valence-electron chi connectivity index (χ1n) is 6.41. The highest BCUT2D eigenvalue weighted by Crippen LogP contribution is 2.30. The van der Waals surface area contributed by atoms with Crippen LogP contribution in [-0.2, 0) is 6.54 Å². The molecule has 2 rings (SSSR count). The minimum atomic E-state index is -0.371. The molecule has 1 atom stereocenters. The van der Waals surface area contributed by atoms with Gasteiger partial charge in [0, 0.05) is 12.1 Å². The molecule has 0 saturated carbocycles. The maximum atomic E-state index is 9.17. The van der Waals surface area contributed by atoms with Gasteiger partial charge in [-0.15, -0.1) is 0 Å². The highest BCUT2D eigenvalue weighted by molar-refractivity contribution is 6.32. The number of hydrogen-bond acceptors (Lipinski definition) is 4. The second-order valence-electron chi connectivity index (χ2n) is 4.60. The molecular weight excluding hydrogens is 278 g/mol. The van der Waals surface area contributed by atoms with Crippen molar-refractivity contribution in [1.29, 1.82) is 0 Å². The third kappa shape index (κ3) is 3.76. The van der Waals surface area contributed by atoms with Crippen LogP contribution in [0.1, 0.15) is 12.7 Å². The second kappa shape index (κ2) is 6.79. The van der Waals surface area contributed by atoms with E-state index in [1.54, 1.807) is 14.0 Å². The smallest absolute Gasteiger partial charge is 0.137 e. The van der Waals surface area contributed by atoms with E-state index in [4.69, 9.17) is 20.8 Å². The summed E-state index contributed by atoms with van der Waals surface area (Å²) >= 11 is 6.10. The fourth-order valence-electron chi connectivity index (χ4n) is 1.85. The minimum absolute atomic E-state index is 0.371. The summed E-state index contributed by atoms with van der Waals surface area (Å²) in [5.74, 6) is 2.21. The van der Waals surface area contributed by atoms with Crippen LogP contribution < -0.4 is 10.1 Å². The van der Waals surface area contributed by atoms with Gasteiger partial charge in [-0.3, -0.25) is 0 Å². The number of benzene rings is 1. The number of rotatable bonds is 6. The van der Waals surface area contributed by atoms with E-state index in [9.17, 15) is 5.11 Å². The first-order chi connectivity index (χ1) is 9.60. The lowest BCUT2D eigenvalue weighted by molar-refractivity contribution is 0.190. The summed E-state index contributed by atoms with van der Waals surface area (Å²) < 4.78 is 10.9. The van der Waals surface area contributed by atoms with Crippen LogP contribution in [0.4, 0.5) is 0 Å². The number of nitrogens with one attached hydrogen (secondary N) is 1. The van der Waals surface area contributed by atoms with Gasteiger partial charge in [0.25, 0.3) is 0 Å². The lowest BCUT2D eigenvalue weighted by Gasteiger charge is -2.05. The quantitative estimate of drug-likeness (QED) is 0.860. The normalized spacial score (nSPS) is 12.4. The summed E-state index contributed by atoms with van der Waals surface area (Å²) in [6.45, 7) is 2.85. The van der Waals surface area contributed by atoms with Gasteiger partial charge in [0.1, 0.15) is 17.3 Å². The SMILES string of the molecule is COc1ccc(-c2ccc(CNCC(C)O)o2)cc1Cl. The van der Waals surface area contributed by atoms with E-state index in [1.807, 2.05) is 30.3 Å². The van der Waals surface area contributed by atoms with E-state index in [1.165, 1.54) is 0 Å². The Bertz CT molecular complexity index is 566. The van der Waals surface area contributed by atoms with Gasteiger partial charge in [-0.1, -0.05) is 11.6 Å². The Morgan fingerprint density at radius 1 is 1.35 bits per heavy atom. The van der Waals surface area contributed by atoms with Gasteiger partial charge in [0.05, 0.1) is 24.8 Å².